The Morgan fingerprint density at radius 3 is 1.76 bits per heavy atom. The van der Waals surface area contributed by atoms with Crippen LogP contribution in [-0.2, 0) is 22.3 Å². The number of nitrogens with zero attached hydrogens (tertiary/aromatic N) is 2. The van der Waals surface area contributed by atoms with Gasteiger partial charge in [0.1, 0.15) is 10.3 Å². The molecule has 0 bridgehead atoms. The Labute approximate surface area is 180 Å². The smallest absolute Gasteiger partial charge is 0.180 e. The fraction of sp³-hybridized carbons (Fsp3) is 0.333. The average molecular weight is 483 g/mol. The molecule has 1 unspecified atom stereocenters. The topological polar surface area (TPSA) is 42.9 Å². The first-order valence-electron chi connectivity index (χ1n) is 6.66. The monoisotopic (exact) mass is 480 g/mol. The number of hydrogen-bond acceptors (Lipinski definition) is 4. The molecule has 2 aromatic heterocycles. The summed E-state index contributed by atoms with van der Waals surface area (Å²) < 4.78 is 10.00. The highest BCUT2D eigenvalue weighted by Gasteiger charge is 1.95. The van der Waals surface area contributed by atoms with Crippen molar-refractivity contribution in [2.24, 2.45) is 0 Å². The van der Waals surface area contributed by atoms with Gasteiger partial charge in [-0.15, -0.1) is 0 Å². The summed E-state index contributed by atoms with van der Waals surface area (Å²) in [5.41, 5.74) is 2.17. The predicted octanol–water partition coefficient (Wildman–Crippen LogP) is 6.20. The number of alkyl halides is 3. The third-order valence-corrected chi connectivity index (χ3v) is 4.07. The second-order valence-electron chi connectivity index (χ2n) is 4.38. The molecule has 0 saturated heterocycles. The van der Waals surface area contributed by atoms with E-state index in [1.807, 2.05) is 18.2 Å². The highest BCUT2D eigenvalue weighted by atomic mass is 35.6. The lowest BCUT2D eigenvalue weighted by molar-refractivity contribution is 0.686. The average Bonchev–Trinajstić information content (AvgIpc) is 2.52. The summed E-state index contributed by atoms with van der Waals surface area (Å²) in [6.45, 7) is 0. The molecule has 0 aromatic carbocycles. The van der Waals surface area contributed by atoms with Crippen molar-refractivity contribution < 1.29 is 4.21 Å². The lowest BCUT2D eigenvalue weighted by atomic mass is 10.3. The highest BCUT2D eigenvalue weighted by molar-refractivity contribution is 7.97. The molecule has 25 heavy (non-hydrogen) atoms. The van der Waals surface area contributed by atoms with Gasteiger partial charge >= 0.3 is 0 Å². The summed E-state index contributed by atoms with van der Waals surface area (Å²) in [4.78, 5) is 7.81. The maximum atomic E-state index is 10.7. The zero-order valence-corrected chi connectivity index (χ0v) is 18.9. The Hall–Kier alpha value is 0.250. The van der Waals surface area contributed by atoms with E-state index < -0.39 is 15.1 Å². The zero-order chi connectivity index (χ0) is 19.2. The van der Waals surface area contributed by atoms with Crippen molar-refractivity contribution in [1.29, 1.82) is 0 Å². The number of halogens is 5. The van der Waals surface area contributed by atoms with E-state index in [4.69, 9.17) is 58.0 Å². The molecule has 0 radical (unpaired) electrons. The summed E-state index contributed by atoms with van der Waals surface area (Å²) >= 11 is 27.3. The molecule has 0 N–H and O–H groups in total. The zero-order valence-electron chi connectivity index (χ0n) is 13.5. The van der Waals surface area contributed by atoms with E-state index in [0.29, 0.717) is 16.1 Å². The van der Waals surface area contributed by atoms with Crippen molar-refractivity contribution in [3.05, 3.63) is 58.1 Å². The van der Waals surface area contributed by atoms with Crippen LogP contribution in [-0.4, -0.2) is 31.0 Å². The molecule has 2 rings (SSSR count). The molecule has 0 fully saturated rings. The van der Waals surface area contributed by atoms with E-state index in [1.165, 1.54) is 5.56 Å². The molecule has 0 spiro atoms. The molecule has 10 heteroatoms. The minimum atomic E-state index is -0.806. The van der Waals surface area contributed by atoms with Crippen molar-refractivity contribution in [2.75, 3.05) is 12.5 Å². The van der Waals surface area contributed by atoms with Crippen molar-refractivity contribution in [3.8, 4) is 0 Å². The number of aromatic nitrogens is 2. The summed E-state index contributed by atoms with van der Waals surface area (Å²) in [7, 11) is -0.806. The van der Waals surface area contributed by atoms with Crippen LogP contribution in [0, 0.1) is 0 Å². The molecule has 1 atom stereocenters. The van der Waals surface area contributed by atoms with Gasteiger partial charge in [0.25, 0.3) is 0 Å². The first-order valence-corrected chi connectivity index (χ1v) is 11.8. The molecular formula is C15H17Cl5N2OS2. The Morgan fingerprint density at radius 1 is 1.00 bits per heavy atom. The molecule has 0 aliphatic rings. The molecule has 140 valence electrons. The Bertz CT molecular complexity index is 610. The summed E-state index contributed by atoms with van der Waals surface area (Å²) in [5, 5.41) is 1.03. The number of hydrogen-bond donors (Lipinski definition) is 0. The van der Waals surface area contributed by atoms with E-state index in [-0.39, 0.29) is 0 Å². The number of pyridine rings is 2. The highest BCUT2D eigenvalue weighted by Crippen LogP contribution is 2.10. The first-order chi connectivity index (χ1) is 11.7. The normalized spacial score (nSPS) is 11.0. The van der Waals surface area contributed by atoms with Gasteiger partial charge in [0.05, 0.1) is 0 Å². The van der Waals surface area contributed by atoms with Crippen LogP contribution in [0.3, 0.4) is 0 Å². The maximum absolute atomic E-state index is 10.7. The Balaban J connectivity index is 0.000000383. The van der Waals surface area contributed by atoms with E-state index >= 15 is 0 Å². The molecule has 2 aromatic rings. The van der Waals surface area contributed by atoms with Gasteiger partial charge in [-0.3, -0.25) is 4.21 Å². The first kappa shape index (κ1) is 25.2. The van der Waals surface area contributed by atoms with Gasteiger partial charge in [0.15, 0.2) is 4.30 Å². The van der Waals surface area contributed by atoms with Gasteiger partial charge in [-0.05, 0) is 29.5 Å². The van der Waals surface area contributed by atoms with Crippen LogP contribution < -0.4 is 0 Å². The van der Waals surface area contributed by atoms with Crippen LogP contribution in [0.2, 0.25) is 10.3 Å². The van der Waals surface area contributed by atoms with Crippen LogP contribution >= 0.6 is 69.8 Å². The largest absolute Gasteiger partial charge is 0.260 e. The van der Waals surface area contributed by atoms with E-state index in [2.05, 4.69) is 16.2 Å². The molecule has 0 amide bonds. The molecule has 2 heterocycles. The lowest BCUT2D eigenvalue weighted by Crippen LogP contribution is -1.92. The van der Waals surface area contributed by atoms with E-state index in [9.17, 15) is 4.21 Å². The van der Waals surface area contributed by atoms with Gasteiger partial charge in [0.2, 0.25) is 0 Å². The van der Waals surface area contributed by atoms with Crippen LogP contribution in [0.25, 0.3) is 0 Å². The fourth-order valence-corrected chi connectivity index (χ4v) is 2.75. The molecule has 0 aliphatic heterocycles. The standard InChI is InChI=1S/C7H8ClNOS.C7H8ClNS.CHCl3/c1-11(10)5-6-2-3-7(8)9-4-6;1-10-5-6-2-3-7(8)9-4-6;2-1(3)4/h2-4H,5H2,1H3;2-4H,5H2,1H3;1H. The molecule has 0 aliphatic carbocycles. The summed E-state index contributed by atoms with van der Waals surface area (Å²) in [6, 6.07) is 7.33. The number of rotatable bonds is 4. The van der Waals surface area contributed by atoms with Crippen LogP contribution in [0.4, 0.5) is 0 Å². The van der Waals surface area contributed by atoms with Gasteiger partial charge in [-0.25, -0.2) is 9.97 Å². The van der Waals surface area contributed by atoms with Crippen LogP contribution in [0.15, 0.2) is 36.7 Å². The molecule has 3 nitrogen and oxygen atoms in total. The van der Waals surface area contributed by atoms with Gasteiger partial charge in [-0.1, -0.05) is 70.1 Å². The maximum Gasteiger partial charge on any atom is 0.180 e. The van der Waals surface area contributed by atoms with E-state index in [1.54, 1.807) is 36.5 Å². The SMILES string of the molecule is CS(=O)Cc1ccc(Cl)nc1.CSCc1ccc(Cl)nc1.ClC(Cl)Cl. The van der Waals surface area contributed by atoms with Gasteiger partial charge in [0, 0.05) is 41.0 Å². The summed E-state index contributed by atoms with van der Waals surface area (Å²) in [5.74, 6) is 1.55. The predicted molar refractivity (Wildman–Crippen MR) is 115 cm³/mol. The van der Waals surface area contributed by atoms with Crippen molar-refractivity contribution >= 4 is 80.6 Å². The Morgan fingerprint density at radius 2 is 1.44 bits per heavy atom. The van der Waals surface area contributed by atoms with Gasteiger partial charge < -0.3 is 0 Å². The van der Waals surface area contributed by atoms with Crippen LogP contribution in [0.5, 0.6) is 0 Å². The molecule has 0 saturated carbocycles. The summed E-state index contributed by atoms with van der Waals surface area (Å²) in [6.07, 6.45) is 7.17. The third kappa shape index (κ3) is 16.2. The van der Waals surface area contributed by atoms with Gasteiger partial charge in [-0.2, -0.15) is 11.8 Å². The second-order valence-corrected chi connectivity index (χ2v) is 9.43. The minimum Gasteiger partial charge on any atom is -0.260 e. The third-order valence-electron chi connectivity index (χ3n) is 2.26. The number of thioether (sulfide) groups is 1. The molecular weight excluding hydrogens is 466 g/mol. The van der Waals surface area contributed by atoms with E-state index in [0.717, 1.165) is 11.3 Å². The Kier molecular flexibility index (Phi) is 15.5. The minimum absolute atomic E-state index is 0.468. The van der Waals surface area contributed by atoms with Crippen molar-refractivity contribution in [3.63, 3.8) is 0 Å². The van der Waals surface area contributed by atoms with Crippen molar-refractivity contribution in [2.45, 2.75) is 15.8 Å². The van der Waals surface area contributed by atoms with Crippen molar-refractivity contribution in [1.82, 2.24) is 9.97 Å². The van der Waals surface area contributed by atoms with Crippen LogP contribution in [0.1, 0.15) is 11.1 Å². The second kappa shape index (κ2) is 15.3. The quantitative estimate of drug-likeness (QED) is 0.384. The lowest BCUT2D eigenvalue weighted by Gasteiger charge is -1.95. The fourth-order valence-electron chi connectivity index (χ4n) is 1.39.